The van der Waals surface area contributed by atoms with Crippen molar-refractivity contribution in [3.8, 4) is 22.9 Å². The molecule has 2 N–H and O–H groups in total. The van der Waals surface area contributed by atoms with Gasteiger partial charge in [0, 0.05) is 17.2 Å². The summed E-state index contributed by atoms with van der Waals surface area (Å²) >= 11 is 12.7. The van der Waals surface area contributed by atoms with Crippen LogP contribution >= 0.6 is 23.2 Å². The predicted molar refractivity (Wildman–Crippen MR) is 112 cm³/mol. The van der Waals surface area contributed by atoms with Gasteiger partial charge in [0.1, 0.15) is 0 Å². The summed E-state index contributed by atoms with van der Waals surface area (Å²) in [6.07, 6.45) is 1.66. The maximum Gasteiger partial charge on any atom is 0.345 e. The highest BCUT2D eigenvalue weighted by Crippen LogP contribution is 2.39. The Hall–Kier alpha value is -2.91. The van der Waals surface area contributed by atoms with Crippen LogP contribution in [0.3, 0.4) is 0 Å². The fourth-order valence-corrected chi connectivity index (χ4v) is 3.51. The molecule has 2 aromatic heterocycles. The molecule has 0 radical (unpaired) electrons. The summed E-state index contributed by atoms with van der Waals surface area (Å²) < 4.78 is 6.96. The van der Waals surface area contributed by atoms with Gasteiger partial charge in [0.15, 0.2) is 11.4 Å². The Bertz CT molecular complexity index is 1280. The fourth-order valence-electron chi connectivity index (χ4n) is 2.95. The van der Waals surface area contributed by atoms with E-state index in [0.29, 0.717) is 11.1 Å². The molecular formula is C19H17Cl2N5O4. The number of aromatic nitrogens is 5. The molecule has 1 aliphatic rings. The van der Waals surface area contributed by atoms with Crippen molar-refractivity contribution in [1.82, 2.24) is 25.0 Å². The van der Waals surface area contributed by atoms with Gasteiger partial charge in [0.05, 0.1) is 16.1 Å². The predicted octanol–water partition coefficient (Wildman–Crippen LogP) is 3.24. The van der Waals surface area contributed by atoms with Crippen LogP contribution in [0.25, 0.3) is 11.3 Å². The molecule has 9 nitrogen and oxygen atoms in total. The van der Waals surface area contributed by atoms with E-state index in [0.717, 1.165) is 12.8 Å². The van der Waals surface area contributed by atoms with Crippen LogP contribution in [0.5, 0.6) is 11.6 Å². The van der Waals surface area contributed by atoms with E-state index in [-0.39, 0.29) is 44.9 Å². The smallest absolute Gasteiger partial charge is 0.345 e. The monoisotopic (exact) mass is 449 g/mol. The molecular weight excluding hydrogens is 433 g/mol. The van der Waals surface area contributed by atoms with Crippen molar-refractivity contribution >= 4 is 23.2 Å². The number of hydrogen-bond acceptors (Lipinski definition) is 6. The number of H-pyrrole nitrogens is 2. The number of ether oxygens (including phenoxy) is 1. The second-order valence-electron chi connectivity index (χ2n) is 7.30. The third-order valence-corrected chi connectivity index (χ3v) is 5.21. The van der Waals surface area contributed by atoms with Crippen LogP contribution in [0.4, 0.5) is 0 Å². The second kappa shape index (κ2) is 7.73. The maximum absolute atomic E-state index is 12.3. The minimum atomic E-state index is -0.637. The minimum Gasteiger partial charge on any atom is -0.434 e. The van der Waals surface area contributed by atoms with E-state index < -0.39 is 11.2 Å². The molecule has 1 saturated carbocycles. The first-order chi connectivity index (χ1) is 14.2. The average molecular weight is 450 g/mol. The molecule has 0 saturated heterocycles. The molecule has 1 fully saturated rings. The van der Waals surface area contributed by atoms with E-state index in [1.807, 2.05) is 13.8 Å². The first kappa shape index (κ1) is 20.4. The molecule has 30 heavy (non-hydrogen) atoms. The highest BCUT2D eigenvalue weighted by atomic mass is 35.5. The van der Waals surface area contributed by atoms with Crippen molar-refractivity contribution in [2.24, 2.45) is 0 Å². The van der Waals surface area contributed by atoms with Crippen molar-refractivity contribution in [3.63, 3.8) is 0 Å². The normalized spacial score (nSPS) is 13.6. The zero-order valence-corrected chi connectivity index (χ0v) is 17.5. The second-order valence-corrected chi connectivity index (χ2v) is 8.11. The number of rotatable bonds is 5. The standard InChI is InChI=1S/C19H17Cl2N5O4/c1-8(2)11-7-14(23-24-17(11)27)30-16-12(20)5-9(6-13(16)21)15-18(28)22-19(29)26(25-15)10-3-4-10/h5-8,10H,3-4H2,1-2H3,(H,24,27)(H,22,28,29). The summed E-state index contributed by atoms with van der Waals surface area (Å²) in [7, 11) is 0. The fraction of sp³-hybridized carbons (Fsp3) is 0.316. The number of hydrogen-bond donors (Lipinski definition) is 2. The molecule has 0 spiro atoms. The topological polar surface area (TPSA) is 123 Å². The minimum absolute atomic E-state index is 0.0110. The summed E-state index contributed by atoms with van der Waals surface area (Å²) in [5, 5.41) is 10.7. The highest BCUT2D eigenvalue weighted by Gasteiger charge is 2.27. The lowest BCUT2D eigenvalue weighted by Crippen LogP contribution is -2.33. The first-order valence-electron chi connectivity index (χ1n) is 9.24. The van der Waals surface area contributed by atoms with Gasteiger partial charge in [-0.2, -0.15) is 5.10 Å². The average Bonchev–Trinajstić information content (AvgIpc) is 3.50. The molecule has 2 heterocycles. The Balaban J connectivity index is 1.73. The van der Waals surface area contributed by atoms with Crippen molar-refractivity contribution in [3.05, 3.63) is 65.0 Å². The summed E-state index contributed by atoms with van der Waals surface area (Å²) in [5.74, 6) is 0.198. The van der Waals surface area contributed by atoms with Crippen LogP contribution in [0.1, 0.15) is 44.2 Å². The molecule has 11 heteroatoms. The van der Waals surface area contributed by atoms with E-state index in [1.165, 1.54) is 22.9 Å². The van der Waals surface area contributed by atoms with Crippen LogP contribution in [0.15, 0.2) is 32.6 Å². The molecule has 4 rings (SSSR count). The van der Waals surface area contributed by atoms with Crippen LogP contribution in [0.2, 0.25) is 10.0 Å². The molecule has 0 bridgehead atoms. The number of nitrogens with one attached hydrogen (secondary N) is 2. The third-order valence-electron chi connectivity index (χ3n) is 4.65. The van der Waals surface area contributed by atoms with Gasteiger partial charge >= 0.3 is 5.69 Å². The number of nitrogens with zero attached hydrogens (tertiary/aromatic N) is 3. The quantitative estimate of drug-likeness (QED) is 0.616. The van der Waals surface area contributed by atoms with E-state index in [2.05, 4.69) is 20.3 Å². The number of aromatic amines is 2. The van der Waals surface area contributed by atoms with Crippen molar-refractivity contribution in [2.45, 2.75) is 38.6 Å². The number of halogens is 2. The van der Waals surface area contributed by atoms with Crippen molar-refractivity contribution < 1.29 is 4.74 Å². The summed E-state index contributed by atoms with van der Waals surface area (Å²) in [4.78, 5) is 38.3. The van der Waals surface area contributed by atoms with Gasteiger partial charge in [-0.15, -0.1) is 5.10 Å². The molecule has 0 unspecified atom stereocenters. The Morgan fingerprint density at radius 1 is 1.10 bits per heavy atom. The maximum atomic E-state index is 12.3. The van der Waals surface area contributed by atoms with Gasteiger partial charge in [0.2, 0.25) is 5.88 Å². The molecule has 156 valence electrons. The lowest BCUT2D eigenvalue weighted by Gasteiger charge is -2.12. The van der Waals surface area contributed by atoms with Gasteiger partial charge in [-0.3, -0.25) is 14.6 Å². The number of benzene rings is 1. The Morgan fingerprint density at radius 3 is 2.37 bits per heavy atom. The Morgan fingerprint density at radius 2 is 1.77 bits per heavy atom. The van der Waals surface area contributed by atoms with Gasteiger partial charge in [0.25, 0.3) is 11.1 Å². The SMILES string of the molecule is CC(C)c1cc(Oc2c(Cl)cc(-c3nn(C4CC4)c(=O)[nH]c3=O)cc2Cl)n[nH]c1=O. The Kier molecular flexibility index (Phi) is 5.25. The van der Waals surface area contributed by atoms with Crippen molar-refractivity contribution in [2.75, 3.05) is 0 Å². The summed E-state index contributed by atoms with van der Waals surface area (Å²) in [6.45, 7) is 3.74. The lowest BCUT2D eigenvalue weighted by molar-refractivity contribution is 0.452. The third kappa shape index (κ3) is 3.90. The molecule has 1 aromatic carbocycles. The first-order valence-corrected chi connectivity index (χ1v) is 10.00. The summed E-state index contributed by atoms with van der Waals surface area (Å²) in [6, 6.07) is 4.44. The zero-order valence-electron chi connectivity index (χ0n) is 16.0. The Labute approximate surface area is 179 Å². The highest BCUT2D eigenvalue weighted by molar-refractivity contribution is 6.37. The molecule has 0 atom stereocenters. The van der Waals surface area contributed by atoms with Gasteiger partial charge < -0.3 is 4.74 Å². The molecule has 1 aliphatic carbocycles. The van der Waals surface area contributed by atoms with Gasteiger partial charge in [-0.05, 0) is 30.9 Å². The summed E-state index contributed by atoms with van der Waals surface area (Å²) in [5.41, 5.74) is -0.621. The van der Waals surface area contributed by atoms with Crippen LogP contribution in [-0.2, 0) is 0 Å². The van der Waals surface area contributed by atoms with Gasteiger partial charge in [-0.1, -0.05) is 37.0 Å². The molecule has 0 aliphatic heterocycles. The van der Waals surface area contributed by atoms with E-state index in [4.69, 9.17) is 27.9 Å². The molecule has 3 aromatic rings. The van der Waals surface area contributed by atoms with E-state index in [9.17, 15) is 14.4 Å². The van der Waals surface area contributed by atoms with Crippen LogP contribution in [-0.4, -0.2) is 25.0 Å². The van der Waals surface area contributed by atoms with Crippen LogP contribution in [0, 0.1) is 0 Å². The van der Waals surface area contributed by atoms with Crippen molar-refractivity contribution in [1.29, 1.82) is 0 Å². The van der Waals surface area contributed by atoms with Crippen LogP contribution < -0.4 is 21.5 Å². The largest absolute Gasteiger partial charge is 0.434 e. The molecule has 0 amide bonds. The van der Waals surface area contributed by atoms with Gasteiger partial charge in [-0.25, -0.2) is 14.6 Å². The lowest BCUT2D eigenvalue weighted by atomic mass is 10.1. The van der Waals surface area contributed by atoms with E-state index >= 15 is 0 Å². The zero-order chi connectivity index (χ0) is 21.6. The van der Waals surface area contributed by atoms with E-state index in [1.54, 1.807) is 0 Å².